The third kappa shape index (κ3) is 4.59. The minimum atomic E-state index is -4.55. The lowest BCUT2D eigenvalue weighted by molar-refractivity contribution is -0.154. The topological polar surface area (TPSA) is 79.7 Å². The maximum absolute atomic E-state index is 12.6. The highest BCUT2D eigenvalue weighted by atomic mass is 19.4. The second kappa shape index (κ2) is 7.06. The Morgan fingerprint density at radius 1 is 1.42 bits per heavy atom. The summed E-state index contributed by atoms with van der Waals surface area (Å²) in [4.78, 5) is 28.8. The van der Waals surface area contributed by atoms with Gasteiger partial charge in [0.25, 0.3) is 5.91 Å². The van der Waals surface area contributed by atoms with Crippen molar-refractivity contribution in [2.24, 2.45) is 11.8 Å². The van der Waals surface area contributed by atoms with Crippen molar-refractivity contribution in [2.45, 2.75) is 19.5 Å². The highest BCUT2D eigenvalue weighted by Crippen LogP contribution is 2.26. The van der Waals surface area contributed by atoms with E-state index in [2.05, 4.69) is 9.72 Å². The van der Waals surface area contributed by atoms with Gasteiger partial charge >= 0.3 is 12.1 Å². The zero-order valence-electron chi connectivity index (χ0n) is 12.9. The summed E-state index contributed by atoms with van der Waals surface area (Å²) in [5.74, 6) is -2.73. The van der Waals surface area contributed by atoms with Crippen LogP contribution < -0.4 is 4.74 Å². The average Bonchev–Trinajstić information content (AvgIpc) is 2.51. The van der Waals surface area contributed by atoms with Crippen LogP contribution in [0.3, 0.4) is 0 Å². The first-order valence-electron chi connectivity index (χ1n) is 7.34. The van der Waals surface area contributed by atoms with E-state index < -0.39 is 36.5 Å². The predicted molar refractivity (Wildman–Crippen MR) is 76.6 cm³/mol. The zero-order valence-corrected chi connectivity index (χ0v) is 12.9. The molecule has 132 valence electrons. The summed E-state index contributed by atoms with van der Waals surface area (Å²) in [6.45, 7) is 0.598. The summed E-state index contributed by atoms with van der Waals surface area (Å²) in [7, 11) is 0. The molecular formula is C15H17F3N2O4. The zero-order chi connectivity index (χ0) is 17.9. The fourth-order valence-corrected chi connectivity index (χ4v) is 2.69. The van der Waals surface area contributed by atoms with Crippen LogP contribution in [0, 0.1) is 11.8 Å². The monoisotopic (exact) mass is 346 g/mol. The Kier molecular flexibility index (Phi) is 5.30. The number of carboxylic acids is 1. The van der Waals surface area contributed by atoms with Crippen molar-refractivity contribution in [2.75, 3.05) is 19.7 Å². The number of halogens is 3. The summed E-state index contributed by atoms with van der Waals surface area (Å²) < 4.78 is 41.5. The summed E-state index contributed by atoms with van der Waals surface area (Å²) >= 11 is 0. The molecule has 2 atom stereocenters. The molecule has 1 aromatic rings. The number of ether oxygens (including phenoxy) is 1. The molecule has 0 spiro atoms. The van der Waals surface area contributed by atoms with Gasteiger partial charge in [-0.15, -0.1) is 0 Å². The first kappa shape index (κ1) is 18.0. The Labute approximate surface area is 136 Å². The molecule has 9 heteroatoms. The van der Waals surface area contributed by atoms with E-state index in [9.17, 15) is 22.8 Å². The molecule has 0 radical (unpaired) electrons. The van der Waals surface area contributed by atoms with Crippen LogP contribution in [0.5, 0.6) is 5.88 Å². The SMILES string of the molecule is CC1CC(C(=O)O)CN(C(=O)c2cccnc2OCC(F)(F)F)C1. The molecule has 0 aromatic carbocycles. The molecule has 1 aromatic heterocycles. The lowest BCUT2D eigenvalue weighted by atomic mass is 9.90. The number of carbonyl (C=O) groups is 2. The van der Waals surface area contributed by atoms with E-state index in [1.807, 2.05) is 6.92 Å². The van der Waals surface area contributed by atoms with Crippen molar-refractivity contribution < 1.29 is 32.6 Å². The molecule has 2 heterocycles. The van der Waals surface area contributed by atoms with Gasteiger partial charge in [-0.05, 0) is 24.5 Å². The number of nitrogens with zero attached hydrogens (tertiary/aromatic N) is 2. The molecule has 6 nitrogen and oxygen atoms in total. The Hall–Kier alpha value is -2.32. The quantitative estimate of drug-likeness (QED) is 0.904. The fourth-order valence-electron chi connectivity index (χ4n) is 2.69. The first-order valence-corrected chi connectivity index (χ1v) is 7.34. The summed E-state index contributed by atoms with van der Waals surface area (Å²) in [6, 6.07) is 2.73. The first-order chi connectivity index (χ1) is 11.2. The van der Waals surface area contributed by atoms with Gasteiger partial charge in [-0.1, -0.05) is 6.92 Å². The van der Waals surface area contributed by atoms with Crippen molar-refractivity contribution in [3.8, 4) is 5.88 Å². The van der Waals surface area contributed by atoms with Crippen LogP contribution in [0.1, 0.15) is 23.7 Å². The summed E-state index contributed by atoms with van der Waals surface area (Å²) in [5, 5.41) is 9.15. The van der Waals surface area contributed by atoms with Gasteiger partial charge in [0.15, 0.2) is 6.61 Å². The van der Waals surface area contributed by atoms with Crippen LogP contribution in [0.4, 0.5) is 13.2 Å². The Balaban J connectivity index is 2.18. The van der Waals surface area contributed by atoms with Crippen LogP contribution in [-0.4, -0.2) is 52.7 Å². The summed E-state index contributed by atoms with van der Waals surface area (Å²) in [5.41, 5.74) is -0.111. The van der Waals surface area contributed by atoms with Gasteiger partial charge in [-0.2, -0.15) is 13.2 Å². The number of alkyl halides is 3. The minimum absolute atomic E-state index is 0.00606. The third-order valence-corrected chi connectivity index (χ3v) is 3.67. The van der Waals surface area contributed by atoms with Gasteiger partial charge in [0.05, 0.1) is 5.92 Å². The highest BCUT2D eigenvalue weighted by molar-refractivity contribution is 5.96. The Bertz CT molecular complexity index is 621. The standard InChI is InChI=1S/C15H17F3N2O4/c1-9-5-10(14(22)23)7-20(6-9)13(21)11-3-2-4-19-12(11)24-8-15(16,17)18/h2-4,9-10H,5-8H2,1H3,(H,22,23). The van der Waals surface area contributed by atoms with Gasteiger partial charge in [-0.3, -0.25) is 9.59 Å². The molecule has 0 saturated carbocycles. The molecule has 0 bridgehead atoms. The summed E-state index contributed by atoms with van der Waals surface area (Å²) in [6.07, 6.45) is -2.88. The van der Waals surface area contributed by atoms with Crippen molar-refractivity contribution in [3.63, 3.8) is 0 Å². The highest BCUT2D eigenvalue weighted by Gasteiger charge is 2.34. The molecule has 1 aliphatic heterocycles. The largest absolute Gasteiger partial charge is 0.481 e. The molecule has 2 unspecified atom stereocenters. The number of carbonyl (C=O) groups excluding carboxylic acids is 1. The van der Waals surface area contributed by atoms with E-state index >= 15 is 0 Å². The number of pyridine rings is 1. The number of aliphatic carboxylic acids is 1. The third-order valence-electron chi connectivity index (χ3n) is 3.67. The van der Waals surface area contributed by atoms with Crippen molar-refractivity contribution in [1.82, 2.24) is 9.88 Å². The van der Waals surface area contributed by atoms with Gasteiger partial charge in [0.1, 0.15) is 5.56 Å². The van der Waals surface area contributed by atoms with Crippen LogP contribution in [-0.2, 0) is 4.79 Å². The molecular weight excluding hydrogens is 329 g/mol. The van der Waals surface area contributed by atoms with Crippen molar-refractivity contribution >= 4 is 11.9 Å². The predicted octanol–water partition coefficient (Wildman–Crippen LogP) is 2.21. The molecule has 1 saturated heterocycles. The Morgan fingerprint density at radius 3 is 2.75 bits per heavy atom. The van der Waals surface area contributed by atoms with Gasteiger partial charge in [0, 0.05) is 19.3 Å². The van der Waals surface area contributed by atoms with E-state index in [-0.39, 0.29) is 18.0 Å². The molecule has 2 rings (SSSR count). The maximum atomic E-state index is 12.6. The molecule has 0 aliphatic carbocycles. The molecule has 1 fully saturated rings. The number of aromatic nitrogens is 1. The number of carboxylic acid groups (broad SMARTS) is 1. The van der Waals surface area contributed by atoms with E-state index in [0.717, 1.165) is 0 Å². The van der Waals surface area contributed by atoms with Gasteiger partial charge in [-0.25, -0.2) is 4.98 Å². The minimum Gasteiger partial charge on any atom is -0.481 e. The fraction of sp³-hybridized carbons (Fsp3) is 0.533. The number of amides is 1. The normalized spacial score (nSPS) is 21.4. The van der Waals surface area contributed by atoms with Crippen LogP contribution in [0.25, 0.3) is 0 Å². The number of piperidine rings is 1. The number of hydrogen-bond donors (Lipinski definition) is 1. The molecule has 1 N–H and O–H groups in total. The smallest absolute Gasteiger partial charge is 0.422 e. The molecule has 1 amide bonds. The van der Waals surface area contributed by atoms with Gasteiger partial charge < -0.3 is 14.7 Å². The van der Waals surface area contributed by atoms with Crippen LogP contribution in [0.2, 0.25) is 0 Å². The van der Waals surface area contributed by atoms with Crippen LogP contribution >= 0.6 is 0 Å². The van der Waals surface area contributed by atoms with E-state index in [1.54, 1.807) is 0 Å². The second-order valence-electron chi connectivity index (χ2n) is 5.85. The number of rotatable bonds is 4. The lowest BCUT2D eigenvalue weighted by Gasteiger charge is -2.34. The molecule has 24 heavy (non-hydrogen) atoms. The van der Waals surface area contributed by atoms with E-state index in [1.165, 1.54) is 23.2 Å². The molecule has 1 aliphatic rings. The Morgan fingerprint density at radius 2 is 2.12 bits per heavy atom. The van der Waals surface area contributed by atoms with Crippen LogP contribution in [0.15, 0.2) is 18.3 Å². The van der Waals surface area contributed by atoms with Gasteiger partial charge in [0.2, 0.25) is 5.88 Å². The van der Waals surface area contributed by atoms with E-state index in [4.69, 9.17) is 5.11 Å². The van der Waals surface area contributed by atoms with Crippen molar-refractivity contribution in [3.05, 3.63) is 23.9 Å². The second-order valence-corrected chi connectivity index (χ2v) is 5.85. The average molecular weight is 346 g/mol. The maximum Gasteiger partial charge on any atom is 0.422 e. The van der Waals surface area contributed by atoms with Crippen molar-refractivity contribution in [1.29, 1.82) is 0 Å². The van der Waals surface area contributed by atoms with E-state index in [0.29, 0.717) is 13.0 Å². The number of likely N-dealkylation sites (tertiary alicyclic amines) is 1. The lowest BCUT2D eigenvalue weighted by Crippen LogP contribution is -2.45. The number of hydrogen-bond acceptors (Lipinski definition) is 4.